The Morgan fingerprint density at radius 2 is 2.19 bits per heavy atom. The molecule has 1 fully saturated rings. The number of nitrogens with one attached hydrogen (secondary N) is 1. The third-order valence-corrected chi connectivity index (χ3v) is 3.33. The molecule has 0 radical (unpaired) electrons. The van der Waals surface area contributed by atoms with Crippen molar-refractivity contribution < 1.29 is 14.7 Å². The molecule has 5 nitrogen and oxygen atoms in total. The van der Waals surface area contributed by atoms with Gasteiger partial charge in [-0.1, -0.05) is 0 Å². The minimum absolute atomic E-state index is 0.0804. The first kappa shape index (κ1) is 13.2. The maximum absolute atomic E-state index is 11.6. The number of hydrogen-bond acceptors (Lipinski definition) is 3. The molecule has 1 unspecified atom stereocenters. The van der Waals surface area contributed by atoms with Gasteiger partial charge in [-0.2, -0.15) is 11.8 Å². The van der Waals surface area contributed by atoms with Crippen molar-refractivity contribution in [2.75, 3.05) is 25.1 Å². The second-order valence-corrected chi connectivity index (χ2v) is 5.09. The van der Waals surface area contributed by atoms with E-state index in [1.807, 2.05) is 13.2 Å². The Kier molecular flexibility index (Phi) is 4.92. The lowest BCUT2D eigenvalue weighted by molar-refractivity contribution is -0.139. The maximum Gasteiger partial charge on any atom is 0.317 e. The lowest BCUT2D eigenvalue weighted by atomic mass is 9.97. The molecule has 2 amide bonds. The lowest BCUT2D eigenvalue weighted by Crippen LogP contribution is -2.55. The fourth-order valence-corrected chi connectivity index (χ4v) is 2.29. The number of urea groups is 1. The Morgan fingerprint density at radius 1 is 1.56 bits per heavy atom. The number of aliphatic carboxylic acids is 1. The van der Waals surface area contributed by atoms with Crippen molar-refractivity contribution >= 4 is 23.8 Å². The molecule has 1 aliphatic rings. The van der Waals surface area contributed by atoms with Gasteiger partial charge in [0, 0.05) is 30.8 Å². The summed E-state index contributed by atoms with van der Waals surface area (Å²) in [7, 11) is 0. The summed E-state index contributed by atoms with van der Waals surface area (Å²) in [4.78, 5) is 23.7. The zero-order valence-electron chi connectivity index (χ0n) is 9.60. The van der Waals surface area contributed by atoms with Crippen LogP contribution in [-0.2, 0) is 4.79 Å². The smallest absolute Gasteiger partial charge is 0.317 e. The van der Waals surface area contributed by atoms with Crippen molar-refractivity contribution in [1.29, 1.82) is 0 Å². The summed E-state index contributed by atoms with van der Waals surface area (Å²) in [6, 6.07) is 0.0733. The molecule has 0 aliphatic carbocycles. The van der Waals surface area contributed by atoms with E-state index < -0.39 is 5.97 Å². The number of carboxylic acids is 1. The summed E-state index contributed by atoms with van der Waals surface area (Å²) in [6.07, 6.45) is 2.15. The van der Waals surface area contributed by atoms with E-state index in [4.69, 9.17) is 5.11 Å². The van der Waals surface area contributed by atoms with Crippen molar-refractivity contribution in [2.45, 2.75) is 19.4 Å². The molecular weight excluding hydrogens is 228 g/mol. The quantitative estimate of drug-likeness (QED) is 0.754. The van der Waals surface area contributed by atoms with E-state index in [2.05, 4.69) is 5.32 Å². The number of carbonyl (C=O) groups excluding carboxylic acids is 1. The van der Waals surface area contributed by atoms with Gasteiger partial charge in [0.05, 0.1) is 6.42 Å². The Balaban J connectivity index is 2.19. The maximum atomic E-state index is 11.6. The second-order valence-electron chi connectivity index (χ2n) is 4.17. The van der Waals surface area contributed by atoms with E-state index in [9.17, 15) is 9.59 Å². The highest BCUT2D eigenvalue weighted by molar-refractivity contribution is 7.98. The summed E-state index contributed by atoms with van der Waals surface area (Å²) in [5, 5.41) is 11.4. The average molecular weight is 246 g/mol. The lowest BCUT2D eigenvalue weighted by Gasteiger charge is -2.39. The minimum Gasteiger partial charge on any atom is -0.481 e. The first-order valence-electron chi connectivity index (χ1n) is 5.29. The van der Waals surface area contributed by atoms with E-state index in [1.54, 1.807) is 16.7 Å². The number of amides is 2. The second kappa shape index (κ2) is 5.98. The topological polar surface area (TPSA) is 69.6 Å². The van der Waals surface area contributed by atoms with E-state index >= 15 is 0 Å². The normalized spacial score (nSPS) is 17.8. The van der Waals surface area contributed by atoms with E-state index in [0.29, 0.717) is 13.1 Å². The van der Waals surface area contributed by atoms with Gasteiger partial charge in [-0.3, -0.25) is 4.79 Å². The van der Waals surface area contributed by atoms with Crippen molar-refractivity contribution in [3.8, 4) is 0 Å². The third kappa shape index (κ3) is 3.92. The Hall–Kier alpha value is -0.910. The van der Waals surface area contributed by atoms with Crippen molar-refractivity contribution in [1.82, 2.24) is 10.2 Å². The van der Waals surface area contributed by atoms with Gasteiger partial charge in [-0.15, -0.1) is 0 Å². The van der Waals surface area contributed by atoms with Crippen LogP contribution in [0.5, 0.6) is 0 Å². The summed E-state index contributed by atoms with van der Waals surface area (Å²) >= 11 is 1.69. The van der Waals surface area contributed by atoms with Crippen LogP contribution in [0, 0.1) is 5.92 Å². The molecule has 2 N–H and O–H groups in total. The van der Waals surface area contributed by atoms with Gasteiger partial charge in [-0.25, -0.2) is 4.79 Å². The third-order valence-electron chi connectivity index (χ3n) is 2.49. The zero-order chi connectivity index (χ0) is 12.1. The van der Waals surface area contributed by atoms with Crippen LogP contribution in [0.15, 0.2) is 0 Å². The number of carboxylic acid groups (broad SMARTS) is 1. The molecule has 1 atom stereocenters. The number of rotatable bonds is 5. The van der Waals surface area contributed by atoms with Crippen molar-refractivity contribution in [3.05, 3.63) is 0 Å². The fourth-order valence-electron chi connectivity index (χ4n) is 1.71. The van der Waals surface area contributed by atoms with Gasteiger partial charge in [0.25, 0.3) is 0 Å². The largest absolute Gasteiger partial charge is 0.481 e. The highest BCUT2D eigenvalue weighted by Gasteiger charge is 2.32. The van der Waals surface area contributed by atoms with Crippen LogP contribution >= 0.6 is 11.8 Å². The Morgan fingerprint density at radius 3 is 2.69 bits per heavy atom. The van der Waals surface area contributed by atoms with Crippen LogP contribution in [0.3, 0.4) is 0 Å². The van der Waals surface area contributed by atoms with E-state index in [0.717, 1.165) is 5.75 Å². The molecule has 0 bridgehead atoms. The predicted molar refractivity (Wildman–Crippen MR) is 63.7 cm³/mol. The van der Waals surface area contributed by atoms with Gasteiger partial charge in [-0.05, 0) is 13.2 Å². The molecule has 92 valence electrons. The van der Waals surface area contributed by atoms with Gasteiger partial charge < -0.3 is 15.3 Å². The molecule has 0 aromatic carbocycles. The number of thioether (sulfide) groups is 1. The zero-order valence-corrected chi connectivity index (χ0v) is 10.4. The highest BCUT2D eigenvalue weighted by Crippen LogP contribution is 2.18. The predicted octanol–water partition coefficient (Wildman–Crippen LogP) is 0.854. The minimum atomic E-state index is -0.791. The van der Waals surface area contributed by atoms with E-state index in [-0.39, 0.29) is 24.4 Å². The monoisotopic (exact) mass is 246 g/mol. The number of nitrogens with zero attached hydrogens (tertiary/aromatic N) is 1. The van der Waals surface area contributed by atoms with Crippen molar-refractivity contribution in [3.63, 3.8) is 0 Å². The summed E-state index contributed by atoms with van der Waals surface area (Å²) in [6.45, 7) is 3.08. The highest BCUT2D eigenvalue weighted by atomic mass is 32.2. The standard InChI is InChI=1S/C10H18N2O3S/c1-7(6-16-2)11-10(15)12-4-8(5-12)3-9(13)14/h7-8H,3-6H2,1-2H3,(H,11,15)(H,13,14). The molecule has 16 heavy (non-hydrogen) atoms. The average Bonchev–Trinajstić information content (AvgIpc) is 2.10. The summed E-state index contributed by atoms with van der Waals surface area (Å²) in [5.74, 6) is 0.220. The van der Waals surface area contributed by atoms with Crippen LogP contribution in [0.1, 0.15) is 13.3 Å². The van der Waals surface area contributed by atoms with Crippen LogP contribution in [0.2, 0.25) is 0 Å². The molecule has 6 heteroatoms. The molecular formula is C10H18N2O3S. The van der Waals surface area contributed by atoms with Gasteiger partial charge >= 0.3 is 12.0 Å². The molecule has 0 spiro atoms. The van der Waals surface area contributed by atoms with Crippen LogP contribution in [0.4, 0.5) is 4.79 Å². The SMILES string of the molecule is CSCC(C)NC(=O)N1CC(CC(=O)O)C1. The number of hydrogen-bond donors (Lipinski definition) is 2. The molecule has 0 aromatic heterocycles. The van der Waals surface area contributed by atoms with Crippen LogP contribution in [-0.4, -0.2) is 53.1 Å². The Labute approximate surface area is 99.6 Å². The molecule has 1 heterocycles. The summed E-state index contributed by atoms with van der Waals surface area (Å²) in [5.41, 5.74) is 0. The van der Waals surface area contributed by atoms with Crippen LogP contribution in [0.25, 0.3) is 0 Å². The van der Waals surface area contributed by atoms with Gasteiger partial charge in [0.1, 0.15) is 0 Å². The Bertz CT molecular complexity index is 267. The molecule has 1 saturated heterocycles. The molecule has 0 saturated carbocycles. The van der Waals surface area contributed by atoms with Crippen LogP contribution < -0.4 is 5.32 Å². The van der Waals surface area contributed by atoms with Gasteiger partial charge in [0.15, 0.2) is 0 Å². The summed E-state index contributed by atoms with van der Waals surface area (Å²) < 4.78 is 0. The first-order valence-corrected chi connectivity index (χ1v) is 6.68. The van der Waals surface area contributed by atoms with Crippen molar-refractivity contribution in [2.24, 2.45) is 5.92 Å². The molecule has 1 aliphatic heterocycles. The van der Waals surface area contributed by atoms with E-state index in [1.165, 1.54) is 0 Å². The fraction of sp³-hybridized carbons (Fsp3) is 0.800. The van der Waals surface area contributed by atoms with Gasteiger partial charge in [0.2, 0.25) is 0 Å². The first-order chi connectivity index (χ1) is 7.52. The number of carbonyl (C=O) groups is 2. The molecule has 1 rings (SSSR count). The molecule has 0 aromatic rings. The number of likely N-dealkylation sites (tertiary alicyclic amines) is 1.